The van der Waals surface area contributed by atoms with Crippen molar-refractivity contribution in [1.82, 2.24) is 5.32 Å². The summed E-state index contributed by atoms with van der Waals surface area (Å²) in [6, 6.07) is 5.63. The summed E-state index contributed by atoms with van der Waals surface area (Å²) in [6.07, 6.45) is 4.78. The molecule has 0 fully saturated rings. The Morgan fingerprint density at radius 2 is 1.59 bits per heavy atom. The second-order valence-electron chi connectivity index (χ2n) is 4.16. The van der Waals surface area contributed by atoms with E-state index in [1.54, 1.807) is 6.07 Å². The van der Waals surface area contributed by atoms with Gasteiger partial charge in [0.25, 0.3) is 0 Å². The van der Waals surface area contributed by atoms with Gasteiger partial charge < -0.3 is 11.1 Å². The highest BCUT2D eigenvalue weighted by molar-refractivity contribution is 6.34. The highest BCUT2D eigenvalue weighted by Crippen LogP contribution is 2.18. The van der Waals surface area contributed by atoms with Crippen molar-refractivity contribution in [2.75, 3.05) is 13.1 Å². The number of nitrogens with one attached hydrogen (secondary N) is 1. The van der Waals surface area contributed by atoms with Gasteiger partial charge in [-0.25, -0.2) is 0 Å². The first-order valence-corrected chi connectivity index (χ1v) is 6.83. The molecule has 1 aromatic carbocycles. The Balaban J connectivity index is 2.13. The minimum atomic E-state index is 0.692. The summed E-state index contributed by atoms with van der Waals surface area (Å²) < 4.78 is 0. The molecule has 0 heterocycles. The zero-order valence-electron chi connectivity index (χ0n) is 10.0. The van der Waals surface area contributed by atoms with Crippen LogP contribution in [0.25, 0.3) is 0 Å². The molecule has 96 valence electrons. The third-order valence-corrected chi connectivity index (χ3v) is 3.00. The summed E-state index contributed by atoms with van der Waals surface area (Å²) in [5.74, 6) is 0. The first kappa shape index (κ1) is 14.8. The highest BCUT2D eigenvalue weighted by atomic mass is 35.5. The Morgan fingerprint density at radius 3 is 2.24 bits per heavy atom. The van der Waals surface area contributed by atoms with Crippen molar-refractivity contribution in [2.45, 2.75) is 32.2 Å². The molecule has 0 spiro atoms. The van der Waals surface area contributed by atoms with E-state index in [9.17, 15) is 0 Å². The predicted molar refractivity (Wildman–Crippen MR) is 75.7 cm³/mol. The van der Waals surface area contributed by atoms with Gasteiger partial charge in [0.2, 0.25) is 0 Å². The smallest absolute Gasteiger partial charge is 0.0424 e. The van der Waals surface area contributed by atoms with E-state index in [1.165, 1.54) is 19.3 Å². The molecule has 1 aromatic rings. The summed E-state index contributed by atoms with van der Waals surface area (Å²) in [7, 11) is 0. The van der Waals surface area contributed by atoms with Gasteiger partial charge in [-0.1, -0.05) is 36.0 Å². The van der Waals surface area contributed by atoms with Crippen molar-refractivity contribution in [1.29, 1.82) is 0 Å². The molecule has 0 atom stereocenters. The van der Waals surface area contributed by atoms with Crippen molar-refractivity contribution in [3.63, 3.8) is 0 Å². The number of rotatable bonds is 8. The number of unbranched alkanes of at least 4 members (excludes halogenated alkanes) is 3. The van der Waals surface area contributed by atoms with E-state index in [2.05, 4.69) is 5.32 Å². The fourth-order valence-electron chi connectivity index (χ4n) is 1.69. The van der Waals surface area contributed by atoms with E-state index in [0.29, 0.717) is 10.0 Å². The number of nitrogens with two attached hydrogens (primary N) is 1. The molecule has 0 saturated carbocycles. The average Bonchev–Trinajstić information content (AvgIpc) is 2.26. The third-order valence-electron chi connectivity index (χ3n) is 2.56. The van der Waals surface area contributed by atoms with E-state index >= 15 is 0 Å². The lowest BCUT2D eigenvalue weighted by Gasteiger charge is -2.06. The molecule has 4 heteroatoms. The van der Waals surface area contributed by atoms with E-state index in [0.717, 1.165) is 31.6 Å². The Morgan fingerprint density at radius 1 is 0.941 bits per heavy atom. The monoisotopic (exact) mass is 274 g/mol. The van der Waals surface area contributed by atoms with Gasteiger partial charge in [-0.3, -0.25) is 0 Å². The number of benzene rings is 1. The van der Waals surface area contributed by atoms with Crippen LogP contribution in [0.1, 0.15) is 31.2 Å². The second kappa shape index (κ2) is 8.76. The largest absolute Gasteiger partial charge is 0.330 e. The first-order chi connectivity index (χ1) is 8.22. The van der Waals surface area contributed by atoms with Crippen molar-refractivity contribution in [3.05, 3.63) is 33.8 Å². The maximum absolute atomic E-state index is 5.92. The van der Waals surface area contributed by atoms with Crippen molar-refractivity contribution < 1.29 is 0 Å². The Kier molecular flexibility index (Phi) is 7.62. The zero-order valence-corrected chi connectivity index (χ0v) is 11.5. The number of hydrogen-bond donors (Lipinski definition) is 2. The van der Waals surface area contributed by atoms with Crippen molar-refractivity contribution in [2.24, 2.45) is 5.73 Å². The van der Waals surface area contributed by atoms with Gasteiger partial charge in [-0.15, -0.1) is 0 Å². The molecule has 1 rings (SSSR count). The summed E-state index contributed by atoms with van der Waals surface area (Å²) in [6.45, 7) is 2.64. The third kappa shape index (κ3) is 6.89. The van der Waals surface area contributed by atoms with Crippen LogP contribution in [0.5, 0.6) is 0 Å². The predicted octanol–water partition coefficient (Wildman–Crippen LogP) is 3.60. The number of hydrogen-bond acceptors (Lipinski definition) is 2. The van der Waals surface area contributed by atoms with Gasteiger partial charge in [0.15, 0.2) is 0 Å². The summed E-state index contributed by atoms with van der Waals surface area (Å²) in [5.41, 5.74) is 6.56. The minimum Gasteiger partial charge on any atom is -0.330 e. The van der Waals surface area contributed by atoms with Gasteiger partial charge in [-0.05, 0) is 49.7 Å². The van der Waals surface area contributed by atoms with Crippen LogP contribution in [0.3, 0.4) is 0 Å². The fourth-order valence-corrected chi connectivity index (χ4v) is 2.26. The molecule has 2 nitrogen and oxygen atoms in total. The summed E-state index contributed by atoms with van der Waals surface area (Å²) in [4.78, 5) is 0. The topological polar surface area (TPSA) is 38.0 Å². The molecular formula is C13H20Cl2N2. The molecule has 0 bridgehead atoms. The Labute approximate surface area is 113 Å². The minimum absolute atomic E-state index is 0.692. The van der Waals surface area contributed by atoms with E-state index in [-0.39, 0.29) is 0 Å². The van der Waals surface area contributed by atoms with Crippen LogP contribution >= 0.6 is 23.2 Å². The SMILES string of the molecule is NCCCCCCNCc1cc(Cl)cc(Cl)c1. The molecule has 3 N–H and O–H groups in total. The average molecular weight is 275 g/mol. The molecule has 0 aromatic heterocycles. The van der Waals surface area contributed by atoms with E-state index < -0.39 is 0 Å². The standard InChI is InChI=1S/C13H20Cl2N2/c14-12-7-11(8-13(15)9-12)10-17-6-4-2-1-3-5-16/h7-9,17H,1-6,10,16H2. The molecule has 0 unspecified atom stereocenters. The van der Waals surface area contributed by atoms with Gasteiger partial charge >= 0.3 is 0 Å². The lowest BCUT2D eigenvalue weighted by atomic mass is 10.2. The van der Waals surface area contributed by atoms with Gasteiger partial charge in [-0.2, -0.15) is 0 Å². The summed E-state index contributed by atoms with van der Waals surface area (Å²) in [5, 5.41) is 4.77. The lowest BCUT2D eigenvalue weighted by molar-refractivity contribution is 0.590. The molecule has 0 radical (unpaired) electrons. The van der Waals surface area contributed by atoms with Gasteiger partial charge in [0, 0.05) is 16.6 Å². The van der Waals surface area contributed by atoms with E-state index in [1.807, 2.05) is 12.1 Å². The maximum atomic E-state index is 5.92. The van der Waals surface area contributed by atoms with Crippen LogP contribution in [-0.2, 0) is 6.54 Å². The Hall–Kier alpha value is -0.280. The van der Waals surface area contributed by atoms with Crippen LogP contribution in [0.2, 0.25) is 10.0 Å². The second-order valence-corrected chi connectivity index (χ2v) is 5.03. The van der Waals surface area contributed by atoms with Crippen LogP contribution in [-0.4, -0.2) is 13.1 Å². The number of halogens is 2. The maximum Gasteiger partial charge on any atom is 0.0424 e. The normalized spacial score (nSPS) is 10.8. The molecule has 0 aliphatic rings. The highest BCUT2D eigenvalue weighted by Gasteiger charge is 1.97. The van der Waals surface area contributed by atoms with Crippen molar-refractivity contribution in [3.8, 4) is 0 Å². The summed E-state index contributed by atoms with van der Waals surface area (Å²) >= 11 is 11.8. The van der Waals surface area contributed by atoms with Crippen LogP contribution in [0.15, 0.2) is 18.2 Å². The quantitative estimate of drug-likeness (QED) is 0.711. The zero-order chi connectivity index (χ0) is 12.5. The van der Waals surface area contributed by atoms with Crippen molar-refractivity contribution >= 4 is 23.2 Å². The Bertz CT molecular complexity index is 309. The lowest BCUT2D eigenvalue weighted by Crippen LogP contribution is -2.14. The molecule has 0 aliphatic carbocycles. The van der Waals surface area contributed by atoms with Gasteiger partial charge in [0.1, 0.15) is 0 Å². The molecule has 0 aliphatic heterocycles. The van der Waals surface area contributed by atoms with Gasteiger partial charge in [0.05, 0.1) is 0 Å². The van der Waals surface area contributed by atoms with Crippen LogP contribution in [0, 0.1) is 0 Å². The first-order valence-electron chi connectivity index (χ1n) is 6.08. The molecule has 17 heavy (non-hydrogen) atoms. The molecule has 0 amide bonds. The molecule has 0 saturated heterocycles. The molecular weight excluding hydrogens is 255 g/mol. The van der Waals surface area contributed by atoms with Crippen LogP contribution < -0.4 is 11.1 Å². The van der Waals surface area contributed by atoms with Crippen LogP contribution in [0.4, 0.5) is 0 Å². The van der Waals surface area contributed by atoms with E-state index in [4.69, 9.17) is 28.9 Å². The fraction of sp³-hybridized carbons (Fsp3) is 0.538.